The first kappa shape index (κ1) is 16.3. The maximum Gasteiger partial charge on any atom is 0.0408 e. The van der Waals surface area contributed by atoms with Gasteiger partial charge in [0.05, 0.1) is 0 Å². The lowest BCUT2D eigenvalue weighted by molar-refractivity contribution is 0.646. The molecule has 23 heavy (non-hydrogen) atoms. The third-order valence-electron chi connectivity index (χ3n) is 4.72. The Morgan fingerprint density at radius 2 is 1.74 bits per heavy atom. The van der Waals surface area contributed by atoms with Crippen LogP contribution in [0.15, 0.2) is 66.7 Å². The SMILES string of the molecule is Cl.NC1(Cc2ccc3ccccc3c2)CC1c1cccc(Cl)c1. The van der Waals surface area contributed by atoms with Crippen LogP contribution in [0.25, 0.3) is 10.8 Å². The molecule has 0 amide bonds. The van der Waals surface area contributed by atoms with Crippen LogP contribution in [0.1, 0.15) is 23.5 Å². The zero-order valence-electron chi connectivity index (χ0n) is 12.7. The Hall–Kier alpha value is -1.54. The third-order valence-corrected chi connectivity index (χ3v) is 4.95. The van der Waals surface area contributed by atoms with Crippen molar-refractivity contribution in [2.75, 3.05) is 0 Å². The van der Waals surface area contributed by atoms with Crippen LogP contribution in [0, 0.1) is 0 Å². The van der Waals surface area contributed by atoms with Crippen LogP contribution in [0.3, 0.4) is 0 Å². The van der Waals surface area contributed by atoms with Gasteiger partial charge in [-0.05, 0) is 46.9 Å². The monoisotopic (exact) mass is 343 g/mol. The first-order valence-corrected chi connectivity index (χ1v) is 8.04. The average Bonchev–Trinajstić information content (AvgIpc) is 3.18. The molecule has 0 heterocycles. The highest BCUT2D eigenvalue weighted by molar-refractivity contribution is 6.30. The maximum absolute atomic E-state index is 6.61. The van der Waals surface area contributed by atoms with Gasteiger partial charge in [-0.15, -0.1) is 12.4 Å². The molecule has 1 aliphatic rings. The molecule has 0 bridgehead atoms. The van der Waals surface area contributed by atoms with Gasteiger partial charge < -0.3 is 5.73 Å². The number of benzene rings is 3. The van der Waals surface area contributed by atoms with Crippen molar-refractivity contribution < 1.29 is 0 Å². The van der Waals surface area contributed by atoms with Crippen LogP contribution in [-0.2, 0) is 6.42 Å². The molecule has 0 saturated heterocycles. The molecule has 0 aromatic heterocycles. The lowest BCUT2D eigenvalue weighted by Gasteiger charge is -2.13. The molecule has 2 N–H and O–H groups in total. The Balaban J connectivity index is 0.00000156. The number of halogens is 2. The van der Waals surface area contributed by atoms with E-state index in [1.165, 1.54) is 21.9 Å². The molecule has 3 heteroatoms. The molecule has 0 spiro atoms. The highest BCUT2D eigenvalue weighted by Crippen LogP contribution is 2.51. The Bertz CT molecular complexity index is 846. The Labute approximate surface area is 147 Å². The predicted molar refractivity (Wildman–Crippen MR) is 101 cm³/mol. The van der Waals surface area contributed by atoms with Gasteiger partial charge in [-0.2, -0.15) is 0 Å². The molecule has 0 radical (unpaired) electrons. The second-order valence-electron chi connectivity index (χ2n) is 6.40. The molecule has 118 valence electrons. The summed E-state index contributed by atoms with van der Waals surface area (Å²) in [7, 11) is 0. The summed E-state index contributed by atoms with van der Waals surface area (Å²) in [5, 5.41) is 3.35. The highest BCUT2D eigenvalue weighted by Gasteiger charge is 2.51. The molecule has 3 aromatic carbocycles. The molecule has 4 rings (SSSR count). The van der Waals surface area contributed by atoms with E-state index >= 15 is 0 Å². The zero-order valence-corrected chi connectivity index (χ0v) is 14.3. The molecule has 0 aliphatic heterocycles. The molecular weight excluding hydrogens is 325 g/mol. The molecule has 1 aliphatic carbocycles. The van der Waals surface area contributed by atoms with Crippen molar-refractivity contribution in [2.24, 2.45) is 5.73 Å². The van der Waals surface area contributed by atoms with E-state index in [9.17, 15) is 0 Å². The van der Waals surface area contributed by atoms with Crippen molar-refractivity contribution in [1.29, 1.82) is 0 Å². The van der Waals surface area contributed by atoms with Gasteiger partial charge in [0.15, 0.2) is 0 Å². The minimum Gasteiger partial charge on any atom is -0.324 e. The number of rotatable bonds is 3. The standard InChI is InChI=1S/C20H18ClN.ClH/c21-18-7-3-6-17(11-18)19-13-20(19,22)12-14-8-9-15-4-1-2-5-16(15)10-14;/h1-11,19H,12-13,22H2;1H. The van der Waals surface area contributed by atoms with E-state index in [1.807, 2.05) is 18.2 Å². The van der Waals surface area contributed by atoms with Crippen LogP contribution in [0.5, 0.6) is 0 Å². The Kier molecular flexibility index (Phi) is 4.37. The smallest absolute Gasteiger partial charge is 0.0408 e. The van der Waals surface area contributed by atoms with Crippen LogP contribution >= 0.6 is 24.0 Å². The average molecular weight is 344 g/mol. The van der Waals surface area contributed by atoms with Gasteiger partial charge in [-0.1, -0.05) is 66.2 Å². The second-order valence-corrected chi connectivity index (χ2v) is 6.84. The molecule has 3 aromatic rings. The first-order chi connectivity index (χ1) is 10.6. The normalized spacial score (nSPS) is 22.6. The Morgan fingerprint density at radius 1 is 0.957 bits per heavy atom. The van der Waals surface area contributed by atoms with E-state index < -0.39 is 0 Å². The molecule has 2 unspecified atom stereocenters. The minimum absolute atomic E-state index is 0. The van der Waals surface area contributed by atoms with E-state index in [4.69, 9.17) is 17.3 Å². The summed E-state index contributed by atoms with van der Waals surface area (Å²) in [4.78, 5) is 0. The fourth-order valence-electron chi connectivity index (χ4n) is 3.42. The van der Waals surface area contributed by atoms with Crippen LogP contribution < -0.4 is 5.73 Å². The summed E-state index contributed by atoms with van der Waals surface area (Å²) in [6.07, 6.45) is 1.94. The fraction of sp³-hybridized carbons (Fsp3) is 0.200. The quantitative estimate of drug-likeness (QED) is 0.682. The Morgan fingerprint density at radius 3 is 2.52 bits per heavy atom. The fourth-order valence-corrected chi connectivity index (χ4v) is 3.62. The number of fused-ring (bicyclic) bond motifs is 1. The van der Waals surface area contributed by atoms with E-state index in [0.717, 1.165) is 17.9 Å². The van der Waals surface area contributed by atoms with Crippen molar-refractivity contribution >= 4 is 34.8 Å². The zero-order chi connectivity index (χ0) is 15.2. The van der Waals surface area contributed by atoms with Crippen molar-refractivity contribution in [3.8, 4) is 0 Å². The number of hydrogen-bond donors (Lipinski definition) is 1. The van der Waals surface area contributed by atoms with Crippen molar-refractivity contribution in [3.63, 3.8) is 0 Å². The van der Waals surface area contributed by atoms with Gasteiger partial charge in [0.1, 0.15) is 0 Å². The summed E-state index contributed by atoms with van der Waals surface area (Å²) in [5.41, 5.74) is 9.04. The highest BCUT2D eigenvalue weighted by atomic mass is 35.5. The molecule has 1 saturated carbocycles. The van der Waals surface area contributed by atoms with Crippen molar-refractivity contribution in [1.82, 2.24) is 0 Å². The molecule has 1 fully saturated rings. The topological polar surface area (TPSA) is 26.0 Å². The van der Waals surface area contributed by atoms with Crippen LogP contribution in [0.4, 0.5) is 0 Å². The molecule has 2 atom stereocenters. The first-order valence-electron chi connectivity index (χ1n) is 7.66. The van der Waals surface area contributed by atoms with Gasteiger partial charge in [-0.25, -0.2) is 0 Å². The summed E-state index contributed by atoms with van der Waals surface area (Å²) in [5.74, 6) is 0.415. The largest absolute Gasteiger partial charge is 0.324 e. The van der Waals surface area contributed by atoms with Gasteiger partial charge in [0.2, 0.25) is 0 Å². The third kappa shape index (κ3) is 3.23. The maximum atomic E-state index is 6.61. The summed E-state index contributed by atoms with van der Waals surface area (Å²) >= 11 is 6.09. The predicted octanol–water partition coefficient (Wildman–Crippen LogP) is 5.34. The van der Waals surface area contributed by atoms with E-state index in [-0.39, 0.29) is 17.9 Å². The van der Waals surface area contributed by atoms with E-state index in [0.29, 0.717) is 5.92 Å². The van der Waals surface area contributed by atoms with Crippen molar-refractivity contribution in [3.05, 3.63) is 82.9 Å². The van der Waals surface area contributed by atoms with E-state index in [1.54, 1.807) is 0 Å². The van der Waals surface area contributed by atoms with Gasteiger partial charge >= 0.3 is 0 Å². The summed E-state index contributed by atoms with van der Waals surface area (Å²) in [6.45, 7) is 0. The van der Waals surface area contributed by atoms with Gasteiger partial charge in [0, 0.05) is 16.5 Å². The molecule has 1 nitrogen and oxygen atoms in total. The summed E-state index contributed by atoms with van der Waals surface area (Å²) < 4.78 is 0. The minimum atomic E-state index is -0.132. The van der Waals surface area contributed by atoms with Crippen LogP contribution in [-0.4, -0.2) is 5.54 Å². The molecular formula is C20H19Cl2N. The van der Waals surface area contributed by atoms with E-state index in [2.05, 4.69) is 48.5 Å². The van der Waals surface area contributed by atoms with Gasteiger partial charge in [-0.3, -0.25) is 0 Å². The number of hydrogen-bond acceptors (Lipinski definition) is 1. The second kappa shape index (κ2) is 6.16. The number of nitrogens with two attached hydrogens (primary N) is 1. The lowest BCUT2D eigenvalue weighted by atomic mass is 9.97. The van der Waals surface area contributed by atoms with Crippen LogP contribution in [0.2, 0.25) is 5.02 Å². The lowest BCUT2D eigenvalue weighted by Crippen LogP contribution is -2.27. The summed E-state index contributed by atoms with van der Waals surface area (Å²) in [6, 6.07) is 23.2. The van der Waals surface area contributed by atoms with Gasteiger partial charge in [0.25, 0.3) is 0 Å². The van der Waals surface area contributed by atoms with Crippen molar-refractivity contribution in [2.45, 2.75) is 24.3 Å².